The molecule has 0 aliphatic heterocycles. The molecule has 6 nitrogen and oxygen atoms in total. The second kappa shape index (κ2) is 111. The summed E-state index contributed by atoms with van der Waals surface area (Å²) in [7, 11) is 0. The Bertz CT molecular complexity index is 52.6. The van der Waals surface area contributed by atoms with Gasteiger partial charge in [0.2, 0.25) is 0 Å². The third-order valence-corrected chi connectivity index (χ3v) is 0. The summed E-state index contributed by atoms with van der Waals surface area (Å²) in [6, 6.07) is 0. The molecule has 0 fully saturated rings. The summed E-state index contributed by atoms with van der Waals surface area (Å²) in [5.74, 6) is 0. The van der Waals surface area contributed by atoms with E-state index in [4.69, 9.17) is 29.7 Å². The molecule has 0 atom stereocenters. The van der Waals surface area contributed by atoms with E-state index >= 15 is 0 Å². The predicted molar refractivity (Wildman–Crippen MR) is 46.0 cm³/mol. The van der Waals surface area contributed by atoms with Crippen molar-refractivity contribution in [1.82, 2.24) is 0 Å². The summed E-state index contributed by atoms with van der Waals surface area (Å²) in [5, 5.41) is 20.7. The van der Waals surface area contributed by atoms with Crippen molar-refractivity contribution in [3.63, 3.8) is 0 Å². The van der Waals surface area contributed by atoms with Gasteiger partial charge in [0.05, 0.1) is 0 Å². The Morgan fingerprint density at radius 1 is 0.636 bits per heavy atom. The van der Waals surface area contributed by atoms with Crippen LogP contribution in [0.2, 0.25) is 0 Å². The van der Waals surface area contributed by atoms with E-state index in [0.29, 0.717) is 0 Å². The Morgan fingerprint density at radius 3 is 0.636 bits per heavy atom. The summed E-state index contributed by atoms with van der Waals surface area (Å²) in [4.78, 5) is 25.1. The minimum absolute atomic E-state index is 0. The lowest BCUT2D eigenvalue weighted by Crippen LogP contribution is -1.49. The third-order valence-electron chi connectivity index (χ3n) is 0. The Morgan fingerprint density at radius 2 is 0.636 bits per heavy atom. The number of carboxylic acid groups (broad SMARTS) is 3. The molecule has 0 rings (SSSR count). The van der Waals surface area contributed by atoms with Crippen molar-refractivity contribution < 1.29 is 29.7 Å². The van der Waals surface area contributed by atoms with Gasteiger partial charge in [-0.05, 0) is 0 Å². The van der Waals surface area contributed by atoms with Gasteiger partial charge >= 0.3 is 0 Å². The van der Waals surface area contributed by atoms with Crippen LogP contribution in [0, 0.1) is 0 Å². The molecule has 0 unspecified atom stereocenters. The number of rotatable bonds is 0. The SMILES string of the molecule is O=CO.O=CO.O=CO.[AlH3].[AlH3]. The summed E-state index contributed by atoms with van der Waals surface area (Å²) in [6.07, 6.45) is 0. The van der Waals surface area contributed by atoms with Gasteiger partial charge in [0.15, 0.2) is 34.7 Å². The average molecular weight is 198 g/mol. The van der Waals surface area contributed by atoms with Crippen molar-refractivity contribution in [1.29, 1.82) is 0 Å². The zero-order valence-electron chi connectivity index (χ0n) is 4.30. The lowest BCUT2D eigenvalue weighted by Gasteiger charge is -1.34. The first-order chi connectivity index (χ1) is 4.24. The van der Waals surface area contributed by atoms with Crippen LogP contribution >= 0.6 is 0 Å². The van der Waals surface area contributed by atoms with E-state index in [1.165, 1.54) is 0 Å². The molecule has 8 heteroatoms. The molecule has 66 valence electrons. The zero-order valence-corrected chi connectivity index (χ0v) is 4.30. The van der Waals surface area contributed by atoms with Crippen LogP contribution < -0.4 is 0 Å². The molecule has 0 bridgehead atoms. The third kappa shape index (κ3) is 1920. The molecule has 0 saturated heterocycles. The van der Waals surface area contributed by atoms with Gasteiger partial charge in [-0.2, -0.15) is 0 Å². The van der Waals surface area contributed by atoms with E-state index < -0.39 is 0 Å². The Labute approximate surface area is 84.1 Å². The van der Waals surface area contributed by atoms with E-state index in [2.05, 4.69) is 0 Å². The maximum Gasteiger partial charge on any atom is 0.290 e. The molecule has 0 aromatic heterocycles. The molecule has 0 aromatic rings. The Kier molecular flexibility index (Phi) is 317. The Balaban J connectivity index is -0.0000000150. The normalized spacial score (nSPS) is 3.27. The van der Waals surface area contributed by atoms with Gasteiger partial charge in [-0.3, -0.25) is 14.4 Å². The summed E-state index contributed by atoms with van der Waals surface area (Å²) < 4.78 is 0. The van der Waals surface area contributed by atoms with Crippen LogP contribution in [0.4, 0.5) is 0 Å². The van der Waals surface area contributed by atoms with Crippen LogP contribution in [-0.4, -0.2) is 69.5 Å². The largest absolute Gasteiger partial charge is 0.483 e. The first kappa shape index (κ1) is 31.4. The second-order valence-corrected chi connectivity index (χ2v) is 0.316. The van der Waals surface area contributed by atoms with Gasteiger partial charge in [-0.15, -0.1) is 0 Å². The van der Waals surface area contributed by atoms with E-state index in [0.717, 1.165) is 0 Å². The molecular weight excluding hydrogens is 186 g/mol. The molecule has 0 aliphatic carbocycles. The van der Waals surface area contributed by atoms with E-state index in [1.807, 2.05) is 0 Å². The summed E-state index contributed by atoms with van der Waals surface area (Å²) in [6.45, 7) is -0.750. The molecule has 0 heterocycles. The molecule has 0 aliphatic rings. The van der Waals surface area contributed by atoms with Crippen molar-refractivity contribution in [3.8, 4) is 0 Å². The van der Waals surface area contributed by atoms with Gasteiger partial charge in [-0.1, -0.05) is 0 Å². The topological polar surface area (TPSA) is 112 Å². The quantitative estimate of drug-likeness (QED) is 0.278. The maximum atomic E-state index is 8.36. The number of carbonyl (C=O) groups is 3. The highest BCUT2D eigenvalue weighted by Gasteiger charge is 1.22. The molecule has 0 aromatic carbocycles. The fraction of sp³-hybridized carbons (Fsp3) is 0. The van der Waals surface area contributed by atoms with Gasteiger partial charge in [-0.25, -0.2) is 0 Å². The van der Waals surface area contributed by atoms with Gasteiger partial charge < -0.3 is 15.3 Å². The monoisotopic (exact) mass is 198 g/mol. The summed E-state index contributed by atoms with van der Waals surface area (Å²) in [5.41, 5.74) is 0. The smallest absolute Gasteiger partial charge is 0.290 e. The lowest BCUT2D eigenvalue weighted by atomic mass is 11.7. The van der Waals surface area contributed by atoms with Crippen LogP contribution in [0.15, 0.2) is 0 Å². The van der Waals surface area contributed by atoms with Crippen molar-refractivity contribution in [2.24, 2.45) is 0 Å². The van der Waals surface area contributed by atoms with E-state index in [1.54, 1.807) is 0 Å². The molecule has 0 saturated carbocycles. The highest BCUT2D eigenvalue weighted by molar-refractivity contribution is 5.76. The number of hydrogen-bond acceptors (Lipinski definition) is 3. The Hall–Kier alpha value is -0.525. The predicted octanol–water partition coefficient (Wildman–Crippen LogP) is -3.27. The van der Waals surface area contributed by atoms with Crippen LogP contribution in [0.1, 0.15) is 0 Å². The molecule has 11 heavy (non-hydrogen) atoms. The number of hydrogen-bond donors (Lipinski definition) is 3. The van der Waals surface area contributed by atoms with Crippen molar-refractivity contribution in [3.05, 3.63) is 0 Å². The first-order valence-electron chi connectivity index (χ1n) is 1.48. The molecule has 0 spiro atoms. The van der Waals surface area contributed by atoms with E-state index in [-0.39, 0.29) is 54.1 Å². The molecule has 0 radical (unpaired) electrons. The highest BCUT2D eigenvalue weighted by atomic mass is 27.0. The molecular formula is C3H12Al2O6. The van der Waals surface area contributed by atoms with Crippen LogP contribution in [-0.2, 0) is 14.4 Å². The standard InChI is InChI=1S/3CH2O2.2Al.6H/c3*2-1-3;;;;;;;;/h3*1H,(H,2,3);;;;;;;;. The first-order valence-corrected chi connectivity index (χ1v) is 1.48. The van der Waals surface area contributed by atoms with Gasteiger partial charge in [0, 0.05) is 0 Å². The molecule has 0 amide bonds. The maximum absolute atomic E-state index is 8.36. The van der Waals surface area contributed by atoms with Crippen molar-refractivity contribution in [2.45, 2.75) is 0 Å². The average Bonchev–Trinajstić information content (AvgIpc) is 1.70. The highest BCUT2D eigenvalue weighted by Crippen LogP contribution is 0.972. The van der Waals surface area contributed by atoms with Crippen LogP contribution in [0.25, 0.3) is 0 Å². The van der Waals surface area contributed by atoms with Crippen molar-refractivity contribution >= 4 is 54.1 Å². The van der Waals surface area contributed by atoms with Gasteiger partial charge in [0.25, 0.3) is 19.4 Å². The fourth-order valence-electron chi connectivity index (χ4n) is 0. The minimum atomic E-state index is -0.250. The van der Waals surface area contributed by atoms with Crippen LogP contribution in [0.5, 0.6) is 0 Å². The van der Waals surface area contributed by atoms with Crippen LogP contribution in [0.3, 0.4) is 0 Å². The minimum Gasteiger partial charge on any atom is -0.483 e. The van der Waals surface area contributed by atoms with Crippen molar-refractivity contribution in [2.75, 3.05) is 0 Å². The van der Waals surface area contributed by atoms with E-state index in [9.17, 15) is 0 Å². The second-order valence-electron chi connectivity index (χ2n) is 0.316. The lowest BCUT2D eigenvalue weighted by molar-refractivity contribution is -0.123. The van der Waals surface area contributed by atoms with Gasteiger partial charge in [0.1, 0.15) is 0 Å². The fourth-order valence-corrected chi connectivity index (χ4v) is 0. The zero-order chi connectivity index (χ0) is 8.12. The molecule has 3 N–H and O–H groups in total. The summed E-state index contributed by atoms with van der Waals surface area (Å²) >= 11 is 0.